The molecule has 3 N–H and O–H groups in total. The van der Waals surface area contributed by atoms with E-state index in [2.05, 4.69) is 20.3 Å². The van der Waals surface area contributed by atoms with Gasteiger partial charge in [-0.15, -0.1) is 11.3 Å². The molecule has 2 aromatic heterocycles. The number of nitrogens with one attached hydrogen (secondary N) is 3. The normalized spacial score (nSPS) is 10.4. The number of carbonyl (C=O) groups excluding carboxylic acids is 2. The van der Waals surface area contributed by atoms with Crippen LogP contribution in [0.4, 0.5) is 17.1 Å². The van der Waals surface area contributed by atoms with Gasteiger partial charge in [0.1, 0.15) is 0 Å². The summed E-state index contributed by atoms with van der Waals surface area (Å²) in [4.78, 5) is 29.9. The van der Waals surface area contributed by atoms with Gasteiger partial charge in [-0.25, -0.2) is 0 Å². The largest absolute Gasteiger partial charge is 0.330 e. The number of benzene rings is 2. The maximum Gasteiger partial charge on any atom is 0.265 e. The van der Waals surface area contributed by atoms with Crippen molar-refractivity contribution in [3.05, 3.63) is 94.9 Å². The third-order valence-electron chi connectivity index (χ3n) is 4.54. The van der Waals surface area contributed by atoms with E-state index < -0.39 is 0 Å². The fourth-order valence-corrected chi connectivity index (χ4v) is 4.20. The molecule has 0 unspecified atom stereocenters. The molecule has 0 radical (unpaired) electrons. The van der Waals surface area contributed by atoms with Gasteiger partial charge in [-0.3, -0.25) is 14.6 Å². The van der Waals surface area contributed by atoms with E-state index in [9.17, 15) is 9.59 Å². The van der Waals surface area contributed by atoms with Crippen molar-refractivity contribution < 1.29 is 9.59 Å². The summed E-state index contributed by atoms with van der Waals surface area (Å²) < 4.78 is 3.13. The number of hydrogen-bond acceptors (Lipinski definition) is 6. The fraction of sp³-hybridized carbons (Fsp3) is 0.0417. The summed E-state index contributed by atoms with van der Waals surface area (Å²) in [7, 11) is 0. The Morgan fingerprint density at radius 1 is 0.844 bits per heavy atom. The topological polar surface area (TPSA) is 83.1 Å². The van der Waals surface area contributed by atoms with Crippen LogP contribution in [0.5, 0.6) is 0 Å². The molecule has 4 rings (SSSR count). The van der Waals surface area contributed by atoms with Crippen LogP contribution in [0.3, 0.4) is 0 Å². The van der Waals surface area contributed by atoms with Crippen LogP contribution in [-0.4, -0.2) is 23.1 Å². The van der Waals surface area contributed by atoms with Crippen LogP contribution < -0.4 is 15.4 Å². The summed E-state index contributed by atoms with van der Waals surface area (Å²) in [5.74, 6) is -0.524. The molecule has 0 saturated heterocycles. The second-order valence-electron chi connectivity index (χ2n) is 6.82. The predicted molar refractivity (Wildman–Crippen MR) is 133 cm³/mol. The minimum atomic E-state index is -0.269. The predicted octanol–water partition coefficient (Wildman–Crippen LogP) is 6.00. The van der Waals surface area contributed by atoms with Crippen molar-refractivity contribution >= 4 is 52.2 Å². The first kappa shape index (κ1) is 21.6. The molecule has 0 spiro atoms. The lowest BCUT2D eigenvalue weighted by Gasteiger charge is -2.07. The highest BCUT2D eigenvalue weighted by Gasteiger charge is 2.14. The standard InChI is InChI=1S/C24H20N4O2S2/c1-31-28-21-9-3-8-20(13-21)27-24(30)22-12-18(15-32-22)23(29)26-19-7-2-5-16(11-19)17-6-4-10-25-14-17/h2-15,28H,1H3,(H,26,29)(H,27,30). The summed E-state index contributed by atoms with van der Waals surface area (Å²) in [5.41, 5.74) is 4.61. The van der Waals surface area contributed by atoms with Crippen molar-refractivity contribution in [3.63, 3.8) is 0 Å². The van der Waals surface area contributed by atoms with Gasteiger partial charge in [0, 0.05) is 46.7 Å². The average Bonchev–Trinajstić information content (AvgIpc) is 3.31. The summed E-state index contributed by atoms with van der Waals surface area (Å²) in [6, 6.07) is 20.4. The average molecular weight is 461 g/mol. The lowest BCUT2D eigenvalue weighted by Crippen LogP contribution is -2.12. The highest BCUT2D eigenvalue weighted by molar-refractivity contribution is 7.99. The van der Waals surface area contributed by atoms with Crippen molar-refractivity contribution in [2.45, 2.75) is 0 Å². The molecule has 0 aliphatic heterocycles. The Morgan fingerprint density at radius 3 is 2.34 bits per heavy atom. The molecule has 2 amide bonds. The lowest BCUT2D eigenvalue weighted by molar-refractivity contribution is 0.102. The molecule has 0 aliphatic rings. The number of anilines is 3. The molecule has 160 valence electrons. The van der Waals surface area contributed by atoms with Crippen LogP contribution in [0.2, 0.25) is 0 Å². The van der Waals surface area contributed by atoms with Crippen molar-refractivity contribution in [2.75, 3.05) is 21.6 Å². The molecular weight excluding hydrogens is 440 g/mol. The Morgan fingerprint density at radius 2 is 1.56 bits per heavy atom. The fourth-order valence-electron chi connectivity index (χ4n) is 3.06. The van der Waals surface area contributed by atoms with E-state index in [-0.39, 0.29) is 11.8 Å². The second-order valence-corrected chi connectivity index (χ2v) is 8.34. The van der Waals surface area contributed by atoms with E-state index in [1.807, 2.05) is 66.9 Å². The van der Waals surface area contributed by atoms with Crippen LogP contribution >= 0.6 is 23.3 Å². The van der Waals surface area contributed by atoms with Gasteiger partial charge in [0.15, 0.2) is 0 Å². The van der Waals surface area contributed by atoms with Crippen LogP contribution in [-0.2, 0) is 0 Å². The Kier molecular flexibility index (Phi) is 6.84. The Balaban J connectivity index is 1.43. The number of rotatable bonds is 7. The van der Waals surface area contributed by atoms with Gasteiger partial charge >= 0.3 is 0 Å². The Hall–Kier alpha value is -3.62. The van der Waals surface area contributed by atoms with Crippen LogP contribution in [0.15, 0.2) is 84.5 Å². The maximum absolute atomic E-state index is 12.7. The van der Waals surface area contributed by atoms with Crippen molar-refractivity contribution in [2.24, 2.45) is 0 Å². The van der Waals surface area contributed by atoms with E-state index in [0.717, 1.165) is 16.8 Å². The molecule has 2 heterocycles. The highest BCUT2D eigenvalue weighted by Crippen LogP contribution is 2.24. The minimum absolute atomic E-state index is 0.256. The van der Waals surface area contributed by atoms with E-state index in [1.54, 1.807) is 23.8 Å². The molecule has 8 heteroatoms. The molecule has 6 nitrogen and oxygen atoms in total. The van der Waals surface area contributed by atoms with Gasteiger partial charge in [-0.05, 0) is 48.0 Å². The maximum atomic E-state index is 12.7. The first-order valence-corrected chi connectivity index (χ1v) is 11.8. The SMILES string of the molecule is CSNc1cccc(NC(=O)c2cc(C(=O)Nc3cccc(-c4cccnc4)c3)cs2)c1. The number of aromatic nitrogens is 1. The number of carbonyl (C=O) groups is 2. The van der Waals surface area contributed by atoms with Crippen LogP contribution in [0.25, 0.3) is 11.1 Å². The van der Waals surface area contributed by atoms with E-state index in [1.165, 1.54) is 23.3 Å². The van der Waals surface area contributed by atoms with Gasteiger partial charge in [-0.1, -0.05) is 36.2 Å². The first-order chi connectivity index (χ1) is 15.6. The van der Waals surface area contributed by atoms with Crippen molar-refractivity contribution in [1.82, 2.24) is 4.98 Å². The number of hydrogen-bond donors (Lipinski definition) is 3. The molecular formula is C24H20N4O2S2. The van der Waals surface area contributed by atoms with Gasteiger partial charge in [0.2, 0.25) is 0 Å². The Bertz CT molecular complexity index is 1240. The van der Waals surface area contributed by atoms with Gasteiger partial charge in [0.25, 0.3) is 11.8 Å². The highest BCUT2D eigenvalue weighted by atomic mass is 32.2. The number of amides is 2. The van der Waals surface area contributed by atoms with E-state index >= 15 is 0 Å². The molecule has 0 bridgehead atoms. The summed E-state index contributed by atoms with van der Waals surface area (Å²) >= 11 is 2.71. The molecule has 0 saturated carbocycles. The minimum Gasteiger partial charge on any atom is -0.330 e. The summed E-state index contributed by atoms with van der Waals surface area (Å²) in [6.45, 7) is 0. The lowest BCUT2D eigenvalue weighted by atomic mass is 10.1. The number of nitrogens with zero attached hydrogens (tertiary/aromatic N) is 1. The molecule has 4 aromatic rings. The zero-order chi connectivity index (χ0) is 22.3. The summed E-state index contributed by atoms with van der Waals surface area (Å²) in [6.07, 6.45) is 5.42. The smallest absolute Gasteiger partial charge is 0.265 e. The molecule has 0 aliphatic carbocycles. The van der Waals surface area contributed by atoms with Gasteiger partial charge in [0.05, 0.1) is 10.4 Å². The third-order valence-corrected chi connectivity index (χ3v) is 5.91. The second kappa shape index (κ2) is 10.1. The molecule has 32 heavy (non-hydrogen) atoms. The van der Waals surface area contributed by atoms with Crippen molar-refractivity contribution in [3.8, 4) is 11.1 Å². The van der Waals surface area contributed by atoms with E-state index in [4.69, 9.17) is 0 Å². The third kappa shape index (κ3) is 5.35. The number of pyridine rings is 1. The number of thiophene rings is 1. The van der Waals surface area contributed by atoms with Crippen LogP contribution in [0, 0.1) is 0 Å². The molecule has 0 fully saturated rings. The zero-order valence-corrected chi connectivity index (χ0v) is 18.8. The zero-order valence-electron chi connectivity index (χ0n) is 17.2. The van der Waals surface area contributed by atoms with Crippen molar-refractivity contribution in [1.29, 1.82) is 0 Å². The Labute approximate surface area is 194 Å². The molecule has 2 aromatic carbocycles. The van der Waals surface area contributed by atoms with Crippen LogP contribution in [0.1, 0.15) is 20.0 Å². The van der Waals surface area contributed by atoms with Gasteiger partial charge in [-0.2, -0.15) is 0 Å². The van der Waals surface area contributed by atoms with E-state index in [0.29, 0.717) is 21.8 Å². The molecule has 0 atom stereocenters. The first-order valence-electron chi connectivity index (χ1n) is 9.73. The summed E-state index contributed by atoms with van der Waals surface area (Å²) in [5, 5.41) is 7.45. The quantitative estimate of drug-likeness (QED) is 0.294. The van der Waals surface area contributed by atoms with Gasteiger partial charge < -0.3 is 15.4 Å². The monoisotopic (exact) mass is 460 g/mol.